The molecule has 4 nitrogen and oxygen atoms in total. The van der Waals surface area contributed by atoms with Gasteiger partial charge in [-0.15, -0.1) is 0 Å². The van der Waals surface area contributed by atoms with Crippen molar-refractivity contribution in [3.05, 3.63) is 58.7 Å². The Hall–Kier alpha value is -2.82. The van der Waals surface area contributed by atoms with E-state index >= 15 is 0 Å². The maximum absolute atomic E-state index is 9.80. The zero-order valence-corrected chi connectivity index (χ0v) is 11.8. The molecule has 0 aromatic heterocycles. The van der Waals surface area contributed by atoms with Gasteiger partial charge in [0.2, 0.25) is 0 Å². The largest absolute Gasteiger partial charge is 0.457 e. The lowest BCUT2D eigenvalue weighted by Crippen LogP contribution is -1.98. The summed E-state index contributed by atoms with van der Waals surface area (Å²) in [6.45, 7) is 3.50. The van der Waals surface area contributed by atoms with Crippen LogP contribution in [0.4, 0.5) is 0 Å². The standard InChI is InChI=1S/C17H14N2O2/c1-11-3-4-13(9-18)7-16(11)21-17-8-14(10-19)5-6-15(17)12(2)20/h3-8,12,20H,1-2H3. The molecule has 2 aromatic carbocycles. The first-order chi connectivity index (χ1) is 10.0. The van der Waals surface area contributed by atoms with Crippen LogP contribution in [-0.2, 0) is 0 Å². The molecule has 1 N–H and O–H groups in total. The molecule has 0 heterocycles. The Morgan fingerprint density at radius 1 is 1.00 bits per heavy atom. The number of nitriles is 2. The second-order valence-electron chi connectivity index (χ2n) is 4.73. The molecular weight excluding hydrogens is 264 g/mol. The van der Waals surface area contributed by atoms with Crippen LogP contribution < -0.4 is 4.74 Å². The lowest BCUT2D eigenvalue weighted by atomic mass is 10.1. The van der Waals surface area contributed by atoms with Gasteiger partial charge in [0.05, 0.1) is 29.4 Å². The summed E-state index contributed by atoms with van der Waals surface area (Å²) < 4.78 is 5.82. The topological polar surface area (TPSA) is 77.0 Å². The molecule has 0 aliphatic rings. The lowest BCUT2D eigenvalue weighted by molar-refractivity contribution is 0.195. The quantitative estimate of drug-likeness (QED) is 0.930. The summed E-state index contributed by atoms with van der Waals surface area (Å²) in [6, 6.07) is 14.1. The Morgan fingerprint density at radius 2 is 1.57 bits per heavy atom. The van der Waals surface area contributed by atoms with Crippen LogP contribution in [0.25, 0.3) is 0 Å². The molecule has 1 unspecified atom stereocenters. The van der Waals surface area contributed by atoms with E-state index in [1.165, 1.54) is 0 Å². The Balaban J connectivity index is 2.48. The first-order valence-corrected chi connectivity index (χ1v) is 6.46. The van der Waals surface area contributed by atoms with E-state index in [9.17, 15) is 5.11 Å². The predicted octanol–water partition coefficient (Wildman–Crippen LogP) is 3.58. The number of benzene rings is 2. The lowest BCUT2D eigenvalue weighted by Gasteiger charge is -2.15. The number of hydrogen-bond donors (Lipinski definition) is 1. The van der Waals surface area contributed by atoms with Gasteiger partial charge in [0.25, 0.3) is 0 Å². The molecule has 2 rings (SSSR count). The van der Waals surface area contributed by atoms with Crippen LogP contribution in [0.15, 0.2) is 36.4 Å². The highest BCUT2D eigenvalue weighted by molar-refractivity contribution is 5.48. The van der Waals surface area contributed by atoms with Crippen molar-refractivity contribution in [1.29, 1.82) is 10.5 Å². The van der Waals surface area contributed by atoms with Gasteiger partial charge in [0, 0.05) is 5.56 Å². The molecule has 0 saturated carbocycles. The van der Waals surface area contributed by atoms with E-state index in [0.717, 1.165) is 5.56 Å². The summed E-state index contributed by atoms with van der Waals surface area (Å²) in [4.78, 5) is 0. The minimum Gasteiger partial charge on any atom is -0.457 e. The smallest absolute Gasteiger partial charge is 0.134 e. The SMILES string of the molecule is Cc1ccc(C#N)cc1Oc1cc(C#N)ccc1C(C)O. The summed E-state index contributed by atoms with van der Waals surface area (Å²) in [5, 5.41) is 27.7. The Kier molecular flexibility index (Phi) is 4.23. The third-order valence-corrected chi connectivity index (χ3v) is 3.13. The van der Waals surface area contributed by atoms with Gasteiger partial charge in [0.1, 0.15) is 11.5 Å². The van der Waals surface area contributed by atoms with Crippen LogP contribution in [0.2, 0.25) is 0 Å². The number of aliphatic hydroxyl groups is 1. The number of ether oxygens (including phenoxy) is 1. The maximum atomic E-state index is 9.80. The molecule has 104 valence electrons. The fourth-order valence-electron chi connectivity index (χ4n) is 1.94. The summed E-state index contributed by atoms with van der Waals surface area (Å²) >= 11 is 0. The zero-order chi connectivity index (χ0) is 15.4. The minimum absolute atomic E-state index is 0.419. The molecule has 0 fully saturated rings. The summed E-state index contributed by atoms with van der Waals surface area (Å²) in [6.07, 6.45) is -0.716. The van der Waals surface area contributed by atoms with Crippen molar-refractivity contribution in [1.82, 2.24) is 0 Å². The summed E-state index contributed by atoms with van der Waals surface area (Å²) in [7, 11) is 0. The molecule has 0 spiro atoms. The molecule has 0 aliphatic carbocycles. The Labute approximate surface area is 123 Å². The first-order valence-electron chi connectivity index (χ1n) is 6.46. The van der Waals surface area contributed by atoms with Gasteiger partial charge in [0.15, 0.2) is 0 Å². The molecule has 0 saturated heterocycles. The third kappa shape index (κ3) is 3.20. The number of hydrogen-bond acceptors (Lipinski definition) is 4. The van der Waals surface area contributed by atoms with E-state index in [0.29, 0.717) is 28.2 Å². The van der Waals surface area contributed by atoms with Crippen LogP contribution >= 0.6 is 0 Å². The van der Waals surface area contributed by atoms with Gasteiger partial charge in [-0.05, 0) is 43.7 Å². The molecule has 0 bridgehead atoms. The first kappa shape index (κ1) is 14.6. The van der Waals surface area contributed by atoms with Crippen molar-refractivity contribution >= 4 is 0 Å². The minimum atomic E-state index is -0.716. The third-order valence-electron chi connectivity index (χ3n) is 3.13. The highest BCUT2D eigenvalue weighted by Gasteiger charge is 2.12. The number of rotatable bonds is 3. The van der Waals surface area contributed by atoms with E-state index < -0.39 is 6.10 Å². The van der Waals surface area contributed by atoms with Crippen LogP contribution in [0.1, 0.15) is 35.3 Å². The monoisotopic (exact) mass is 278 g/mol. The van der Waals surface area contributed by atoms with E-state index in [1.807, 2.05) is 13.0 Å². The Morgan fingerprint density at radius 3 is 2.14 bits per heavy atom. The fourth-order valence-corrected chi connectivity index (χ4v) is 1.94. The molecule has 0 amide bonds. The summed E-state index contributed by atoms with van der Waals surface area (Å²) in [5.74, 6) is 0.952. The van der Waals surface area contributed by atoms with Crippen LogP contribution in [0.3, 0.4) is 0 Å². The van der Waals surface area contributed by atoms with Crippen molar-refractivity contribution in [3.63, 3.8) is 0 Å². The van der Waals surface area contributed by atoms with Crippen molar-refractivity contribution in [2.45, 2.75) is 20.0 Å². The van der Waals surface area contributed by atoms with Gasteiger partial charge in [-0.1, -0.05) is 12.1 Å². The fraction of sp³-hybridized carbons (Fsp3) is 0.176. The number of nitrogens with zero attached hydrogens (tertiary/aromatic N) is 2. The summed E-state index contributed by atoms with van der Waals surface area (Å²) in [5.41, 5.74) is 2.40. The van der Waals surface area contributed by atoms with Gasteiger partial charge < -0.3 is 9.84 Å². The second kappa shape index (κ2) is 6.09. The van der Waals surface area contributed by atoms with Crippen molar-refractivity contribution in [2.75, 3.05) is 0 Å². The highest BCUT2D eigenvalue weighted by atomic mass is 16.5. The maximum Gasteiger partial charge on any atom is 0.134 e. The van der Waals surface area contributed by atoms with E-state index in [2.05, 4.69) is 6.07 Å². The van der Waals surface area contributed by atoms with E-state index in [-0.39, 0.29) is 0 Å². The van der Waals surface area contributed by atoms with Crippen LogP contribution in [0, 0.1) is 29.6 Å². The molecular formula is C17H14N2O2. The van der Waals surface area contributed by atoms with Crippen molar-refractivity contribution in [3.8, 4) is 23.6 Å². The van der Waals surface area contributed by atoms with Gasteiger partial charge in [-0.2, -0.15) is 10.5 Å². The van der Waals surface area contributed by atoms with Crippen molar-refractivity contribution in [2.24, 2.45) is 0 Å². The zero-order valence-electron chi connectivity index (χ0n) is 11.8. The van der Waals surface area contributed by atoms with Gasteiger partial charge in [-0.3, -0.25) is 0 Å². The van der Waals surface area contributed by atoms with E-state index in [1.54, 1.807) is 43.3 Å². The average Bonchev–Trinajstić information content (AvgIpc) is 2.49. The molecule has 21 heavy (non-hydrogen) atoms. The number of aliphatic hydroxyl groups excluding tert-OH is 1. The molecule has 0 radical (unpaired) electrons. The van der Waals surface area contributed by atoms with E-state index in [4.69, 9.17) is 15.3 Å². The molecule has 2 aromatic rings. The second-order valence-corrected chi connectivity index (χ2v) is 4.73. The van der Waals surface area contributed by atoms with Crippen LogP contribution in [-0.4, -0.2) is 5.11 Å². The normalized spacial score (nSPS) is 11.3. The number of aryl methyl sites for hydroxylation is 1. The highest BCUT2D eigenvalue weighted by Crippen LogP contribution is 2.32. The predicted molar refractivity (Wildman–Crippen MR) is 77.8 cm³/mol. The molecule has 1 atom stereocenters. The molecule has 4 heteroatoms. The van der Waals surface area contributed by atoms with Crippen molar-refractivity contribution < 1.29 is 9.84 Å². The van der Waals surface area contributed by atoms with Gasteiger partial charge >= 0.3 is 0 Å². The Bertz CT molecular complexity index is 752. The van der Waals surface area contributed by atoms with Gasteiger partial charge in [-0.25, -0.2) is 0 Å². The average molecular weight is 278 g/mol. The molecule has 0 aliphatic heterocycles. The van der Waals surface area contributed by atoms with Crippen LogP contribution in [0.5, 0.6) is 11.5 Å².